The Labute approximate surface area is 117 Å². The van der Waals surface area contributed by atoms with E-state index < -0.39 is 0 Å². The first-order valence-corrected chi connectivity index (χ1v) is 6.56. The maximum absolute atomic E-state index is 11.3. The molecule has 0 aromatic carbocycles. The highest BCUT2D eigenvalue weighted by molar-refractivity contribution is 5.76. The minimum atomic E-state index is -0.134. The van der Waals surface area contributed by atoms with E-state index in [0.717, 1.165) is 17.4 Å². The molecule has 0 radical (unpaired) electrons. The number of nitrogens with zero attached hydrogens (tertiary/aromatic N) is 4. The van der Waals surface area contributed by atoms with Gasteiger partial charge in [0.25, 0.3) is 4.92 Å². The van der Waals surface area contributed by atoms with Crippen molar-refractivity contribution in [3.05, 3.63) is 29.3 Å². The van der Waals surface area contributed by atoms with Gasteiger partial charge in [0, 0.05) is 19.2 Å². The van der Waals surface area contributed by atoms with Crippen molar-refractivity contribution in [1.82, 2.24) is 9.61 Å². The third-order valence-corrected chi connectivity index (χ3v) is 3.00. The van der Waals surface area contributed by atoms with Gasteiger partial charge in [-0.2, -0.15) is 0 Å². The Kier molecular flexibility index (Phi) is 3.89. The van der Waals surface area contributed by atoms with Crippen LogP contribution in [0.25, 0.3) is 5.52 Å². The molecule has 20 heavy (non-hydrogen) atoms. The van der Waals surface area contributed by atoms with Gasteiger partial charge in [-0.05, 0) is 12.1 Å². The summed E-state index contributed by atoms with van der Waals surface area (Å²) in [5.74, 6) is 0.398. The molecule has 2 aromatic heterocycles. The largest absolute Gasteiger partial charge is 0.385 e. The quantitative estimate of drug-likeness (QED) is 0.479. The molecular formula is C13H21N5O2+2. The smallest absolute Gasteiger partial charge is 0.362 e. The molecule has 0 unspecified atom stereocenters. The first-order valence-electron chi connectivity index (χ1n) is 6.56. The van der Waals surface area contributed by atoms with Gasteiger partial charge < -0.3 is 9.80 Å². The normalized spacial score (nSPS) is 11.8. The lowest BCUT2D eigenvalue weighted by atomic mass is 10.3. The zero-order chi connectivity index (χ0) is 14.8. The fourth-order valence-corrected chi connectivity index (χ4v) is 2.05. The van der Waals surface area contributed by atoms with E-state index in [2.05, 4.69) is 31.6 Å². The average Bonchev–Trinajstić information content (AvgIpc) is 2.71. The van der Waals surface area contributed by atoms with Crippen molar-refractivity contribution in [2.75, 3.05) is 39.5 Å². The summed E-state index contributed by atoms with van der Waals surface area (Å²) in [6.07, 6.45) is 2.68. The van der Waals surface area contributed by atoms with Gasteiger partial charge in [-0.25, -0.2) is 9.72 Å². The summed E-state index contributed by atoms with van der Waals surface area (Å²) in [5, 5.41) is 16.6. The standard InChI is InChI=1S/C13H21N5O2/c1-18(2,3)10-6-8-14-13-12(17(19)20)11-7-4-5-9-16(11)15-13/h4-5,7,9H,6,8,10H2,1-3H3,(H,14,15)(H,19,20)/q+2. The monoisotopic (exact) mass is 279 g/mol. The van der Waals surface area contributed by atoms with Crippen LogP contribution in [0.2, 0.25) is 0 Å². The van der Waals surface area contributed by atoms with E-state index in [4.69, 9.17) is 0 Å². The highest BCUT2D eigenvalue weighted by atomic mass is 16.6. The molecule has 0 saturated heterocycles. The second-order valence-corrected chi connectivity index (χ2v) is 5.79. The van der Waals surface area contributed by atoms with E-state index in [1.165, 1.54) is 0 Å². The van der Waals surface area contributed by atoms with E-state index in [1.54, 1.807) is 22.8 Å². The maximum atomic E-state index is 11.3. The summed E-state index contributed by atoms with van der Waals surface area (Å²) in [5.41, 5.74) is 0.718. The molecule has 0 bridgehead atoms. The molecule has 0 aliphatic rings. The van der Waals surface area contributed by atoms with Crippen LogP contribution in [0.1, 0.15) is 6.42 Å². The molecule has 2 rings (SSSR count). The Morgan fingerprint density at radius 1 is 1.40 bits per heavy atom. The first-order chi connectivity index (χ1) is 9.38. The molecule has 0 saturated carbocycles. The Morgan fingerprint density at radius 2 is 2.15 bits per heavy atom. The fraction of sp³-hybridized carbons (Fsp3) is 0.462. The molecule has 0 amide bonds. The predicted octanol–water partition coefficient (Wildman–Crippen LogP) is 1.64. The van der Waals surface area contributed by atoms with Crippen LogP contribution in [0.4, 0.5) is 11.5 Å². The topological polar surface area (TPSA) is 69.6 Å². The highest BCUT2D eigenvalue weighted by Gasteiger charge is 2.27. The average molecular weight is 279 g/mol. The van der Waals surface area contributed by atoms with Crippen molar-refractivity contribution in [3.63, 3.8) is 0 Å². The van der Waals surface area contributed by atoms with Crippen LogP contribution in [-0.4, -0.2) is 58.5 Å². The van der Waals surface area contributed by atoms with Crippen molar-refractivity contribution >= 4 is 17.0 Å². The summed E-state index contributed by atoms with van der Waals surface area (Å²) >= 11 is 0. The molecule has 0 fully saturated rings. The third-order valence-electron chi connectivity index (χ3n) is 3.00. The molecule has 2 aromatic rings. The van der Waals surface area contributed by atoms with Crippen molar-refractivity contribution < 1.29 is 14.6 Å². The first kappa shape index (κ1) is 14.3. The van der Waals surface area contributed by atoms with Crippen LogP contribution in [-0.2, 0) is 0 Å². The highest BCUT2D eigenvalue weighted by Crippen LogP contribution is 2.27. The molecule has 0 aliphatic heterocycles. The van der Waals surface area contributed by atoms with E-state index in [9.17, 15) is 10.1 Å². The summed E-state index contributed by atoms with van der Waals surface area (Å²) in [7, 11) is 6.39. The van der Waals surface area contributed by atoms with E-state index >= 15 is 0 Å². The van der Waals surface area contributed by atoms with Crippen LogP contribution >= 0.6 is 0 Å². The lowest BCUT2D eigenvalue weighted by molar-refractivity contribution is -0.870. The zero-order valence-electron chi connectivity index (χ0n) is 12.1. The summed E-state index contributed by atoms with van der Waals surface area (Å²) in [6.45, 7) is 1.70. The van der Waals surface area contributed by atoms with Crippen LogP contribution in [0, 0.1) is 4.91 Å². The number of hydrogen-bond acceptors (Lipinski definition) is 3. The molecule has 7 heteroatoms. The van der Waals surface area contributed by atoms with Crippen LogP contribution in [0.15, 0.2) is 24.4 Å². The van der Waals surface area contributed by atoms with E-state index in [-0.39, 0.29) is 10.6 Å². The van der Waals surface area contributed by atoms with Crippen LogP contribution in [0.5, 0.6) is 0 Å². The zero-order valence-corrected chi connectivity index (χ0v) is 12.1. The number of pyridine rings is 1. The van der Waals surface area contributed by atoms with Crippen molar-refractivity contribution in [2.45, 2.75) is 6.42 Å². The Morgan fingerprint density at radius 3 is 2.80 bits per heavy atom. The Balaban J connectivity index is 2.13. The minimum absolute atomic E-state index is 0.134. The van der Waals surface area contributed by atoms with Gasteiger partial charge in [-0.1, -0.05) is 6.07 Å². The fourth-order valence-electron chi connectivity index (χ4n) is 2.05. The van der Waals surface area contributed by atoms with Crippen LogP contribution in [0.3, 0.4) is 0 Å². The summed E-state index contributed by atoms with van der Waals surface area (Å²) in [4.78, 5) is 11.2. The third kappa shape index (κ3) is 3.24. The number of quaternary nitrogens is 1. The van der Waals surface area contributed by atoms with Gasteiger partial charge >= 0.3 is 5.69 Å². The second-order valence-electron chi connectivity index (χ2n) is 5.79. The minimum Gasteiger partial charge on any atom is -0.362 e. The maximum Gasteiger partial charge on any atom is 0.385 e. The SMILES string of the molecule is C[N+](C)(C)CCCNc1nn2ccccc2c1[N+](=O)O. The van der Waals surface area contributed by atoms with Gasteiger partial charge in [0.2, 0.25) is 5.82 Å². The lowest BCUT2D eigenvalue weighted by Gasteiger charge is -2.23. The number of aromatic nitrogens is 2. The number of anilines is 1. The molecular weight excluding hydrogens is 258 g/mol. The molecule has 0 aliphatic carbocycles. The summed E-state index contributed by atoms with van der Waals surface area (Å²) < 4.78 is 2.45. The lowest BCUT2D eigenvalue weighted by Crippen LogP contribution is -2.36. The van der Waals surface area contributed by atoms with Gasteiger partial charge in [0.15, 0.2) is 5.52 Å². The van der Waals surface area contributed by atoms with Gasteiger partial charge in [0.05, 0.1) is 32.6 Å². The van der Waals surface area contributed by atoms with Crippen molar-refractivity contribution in [2.24, 2.45) is 0 Å². The summed E-state index contributed by atoms with van der Waals surface area (Å²) in [6, 6.07) is 5.35. The molecule has 2 N–H and O–H groups in total. The van der Waals surface area contributed by atoms with Crippen LogP contribution < -0.4 is 5.32 Å². The van der Waals surface area contributed by atoms with Crippen molar-refractivity contribution in [1.29, 1.82) is 0 Å². The van der Waals surface area contributed by atoms with E-state index in [0.29, 0.717) is 17.9 Å². The van der Waals surface area contributed by atoms with Gasteiger partial charge in [0.1, 0.15) is 0 Å². The number of fused-ring (bicyclic) bond motifs is 1. The predicted molar refractivity (Wildman–Crippen MR) is 76.3 cm³/mol. The molecule has 0 spiro atoms. The van der Waals surface area contributed by atoms with Gasteiger partial charge in [-0.3, -0.25) is 0 Å². The number of nitrogens with one attached hydrogen (secondary N) is 1. The number of hydrogen-bond donors (Lipinski definition) is 2. The molecule has 108 valence electrons. The molecule has 0 atom stereocenters. The molecule has 2 heterocycles. The van der Waals surface area contributed by atoms with Gasteiger partial charge in [-0.15, -0.1) is 5.10 Å². The Hall–Kier alpha value is -2.15. The number of rotatable bonds is 6. The Bertz CT molecular complexity index is 615. The second kappa shape index (κ2) is 5.46. The van der Waals surface area contributed by atoms with Crippen molar-refractivity contribution in [3.8, 4) is 0 Å². The molecule has 7 nitrogen and oxygen atoms in total. The van der Waals surface area contributed by atoms with E-state index in [1.807, 2.05) is 6.07 Å².